The van der Waals surface area contributed by atoms with Gasteiger partial charge in [0.2, 0.25) is 0 Å². The molecule has 0 heterocycles. The summed E-state index contributed by atoms with van der Waals surface area (Å²) in [6.45, 7) is 10.9. The van der Waals surface area contributed by atoms with Gasteiger partial charge in [-0.1, -0.05) is 5.57 Å². The van der Waals surface area contributed by atoms with Gasteiger partial charge in [-0.3, -0.25) is 0 Å². The zero-order valence-electron chi connectivity index (χ0n) is 12.0. The van der Waals surface area contributed by atoms with Gasteiger partial charge in [-0.25, -0.2) is 9.59 Å². The van der Waals surface area contributed by atoms with Crippen molar-refractivity contribution in [1.82, 2.24) is 5.32 Å². The van der Waals surface area contributed by atoms with Gasteiger partial charge in [0.05, 0.1) is 0 Å². The van der Waals surface area contributed by atoms with E-state index >= 15 is 0 Å². The molecule has 1 amide bonds. The monoisotopic (exact) mass is 289 g/mol. The second-order valence-electron chi connectivity index (χ2n) is 5.32. The van der Waals surface area contributed by atoms with Crippen molar-refractivity contribution < 1.29 is 19.4 Å². The Bertz CT molecular complexity index is 336. The van der Waals surface area contributed by atoms with Crippen LogP contribution in [0.25, 0.3) is 0 Å². The first-order chi connectivity index (χ1) is 8.61. The molecule has 0 bridgehead atoms. The van der Waals surface area contributed by atoms with Gasteiger partial charge in [0.15, 0.2) is 0 Å². The quantitative estimate of drug-likeness (QED) is 0.556. The fraction of sp³-hybridized carbons (Fsp3) is 0.692. The van der Waals surface area contributed by atoms with Crippen LogP contribution < -0.4 is 5.32 Å². The lowest BCUT2D eigenvalue weighted by atomic mass is 10.2. The molecule has 0 spiro atoms. The van der Waals surface area contributed by atoms with E-state index in [2.05, 4.69) is 11.9 Å². The number of thioether (sulfide) groups is 1. The molecular weight excluding hydrogens is 266 g/mol. The Labute approximate surface area is 118 Å². The van der Waals surface area contributed by atoms with Gasteiger partial charge in [0, 0.05) is 5.75 Å². The van der Waals surface area contributed by atoms with Crippen LogP contribution in [0.5, 0.6) is 0 Å². The lowest BCUT2D eigenvalue weighted by Gasteiger charge is -2.21. The summed E-state index contributed by atoms with van der Waals surface area (Å²) >= 11 is 1.47. The average molecular weight is 289 g/mol. The first-order valence-electron chi connectivity index (χ1n) is 6.06. The highest BCUT2D eigenvalue weighted by atomic mass is 32.2. The molecule has 0 aromatic carbocycles. The number of carboxylic acid groups (broad SMARTS) is 1. The number of hydrogen-bond donors (Lipinski definition) is 2. The Hall–Kier alpha value is -1.17. The van der Waals surface area contributed by atoms with Gasteiger partial charge in [0.25, 0.3) is 0 Å². The Morgan fingerprint density at radius 1 is 1.42 bits per heavy atom. The third-order valence-corrected chi connectivity index (χ3v) is 3.01. The van der Waals surface area contributed by atoms with Crippen LogP contribution in [-0.2, 0) is 9.53 Å². The van der Waals surface area contributed by atoms with E-state index in [1.54, 1.807) is 20.8 Å². The number of rotatable bonds is 7. The third-order valence-electron chi connectivity index (χ3n) is 1.95. The van der Waals surface area contributed by atoms with Crippen molar-refractivity contribution in [2.24, 2.45) is 0 Å². The minimum atomic E-state index is -1.06. The summed E-state index contributed by atoms with van der Waals surface area (Å²) in [6.07, 6.45) is 0.129. The lowest BCUT2D eigenvalue weighted by Crippen LogP contribution is -2.45. The fourth-order valence-electron chi connectivity index (χ4n) is 1.07. The third kappa shape index (κ3) is 10.4. The topological polar surface area (TPSA) is 75.6 Å². The van der Waals surface area contributed by atoms with Crippen LogP contribution in [0.15, 0.2) is 12.2 Å². The van der Waals surface area contributed by atoms with E-state index in [0.717, 1.165) is 17.7 Å². The molecule has 6 heteroatoms. The molecule has 0 radical (unpaired) electrons. The predicted octanol–water partition coefficient (Wildman–Crippen LogP) is 2.66. The first-order valence-corrected chi connectivity index (χ1v) is 7.21. The van der Waals surface area contributed by atoms with E-state index in [1.165, 1.54) is 11.8 Å². The Balaban J connectivity index is 4.16. The summed E-state index contributed by atoms with van der Waals surface area (Å²) in [5, 5.41) is 11.4. The van der Waals surface area contributed by atoms with Crippen LogP contribution in [-0.4, -0.2) is 40.3 Å². The smallest absolute Gasteiger partial charge is 0.408 e. The number of carbonyl (C=O) groups excluding carboxylic acids is 1. The lowest BCUT2D eigenvalue weighted by molar-refractivity contribution is -0.138. The summed E-state index contributed by atoms with van der Waals surface area (Å²) in [5.74, 6) is 0.0328. The number of carboxylic acids is 1. The molecule has 0 aliphatic carbocycles. The minimum Gasteiger partial charge on any atom is -0.480 e. The highest BCUT2D eigenvalue weighted by Gasteiger charge is 2.23. The molecule has 0 aromatic rings. The van der Waals surface area contributed by atoms with Gasteiger partial charge < -0.3 is 15.2 Å². The van der Waals surface area contributed by atoms with Crippen molar-refractivity contribution in [2.45, 2.75) is 45.8 Å². The predicted molar refractivity (Wildman–Crippen MR) is 77.5 cm³/mol. The normalized spacial score (nSPS) is 12.6. The van der Waals surface area contributed by atoms with Crippen LogP contribution in [0.4, 0.5) is 4.79 Å². The Morgan fingerprint density at radius 3 is 2.42 bits per heavy atom. The second kappa shape index (κ2) is 8.09. The van der Waals surface area contributed by atoms with Gasteiger partial charge in [-0.15, -0.1) is 6.58 Å². The fourth-order valence-corrected chi connectivity index (χ4v) is 2.19. The zero-order chi connectivity index (χ0) is 15.1. The van der Waals surface area contributed by atoms with Crippen LogP contribution >= 0.6 is 11.8 Å². The highest BCUT2D eigenvalue weighted by molar-refractivity contribution is 7.99. The molecule has 0 fully saturated rings. The van der Waals surface area contributed by atoms with E-state index in [-0.39, 0.29) is 0 Å². The van der Waals surface area contributed by atoms with E-state index in [9.17, 15) is 9.59 Å². The SMILES string of the molecule is C=C(C)CCSCC(NC(=O)OC(C)(C)C)C(=O)O. The number of allylic oxidation sites excluding steroid dienone is 1. The molecule has 0 aliphatic rings. The van der Waals surface area contributed by atoms with Crippen molar-refractivity contribution in [3.63, 3.8) is 0 Å². The molecule has 5 nitrogen and oxygen atoms in total. The summed E-state index contributed by atoms with van der Waals surface area (Å²) in [5.41, 5.74) is 0.416. The first kappa shape index (κ1) is 17.8. The van der Waals surface area contributed by atoms with Crippen LogP contribution in [0.1, 0.15) is 34.1 Å². The summed E-state index contributed by atoms with van der Waals surface area (Å²) < 4.78 is 5.03. The molecule has 1 atom stereocenters. The van der Waals surface area contributed by atoms with Crippen LogP contribution in [0.3, 0.4) is 0 Å². The summed E-state index contributed by atoms with van der Waals surface area (Å²) in [6, 6.07) is -0.940. The van der Waals surface area contributed by atoms with Gasteiger partial charge in [-0.2, -0.15) is 11.8 Å². The average Bonchev–Trinajstić information content (AvgIpc) is 2.19. The van der Waals surface area contributed by atoms with Crippen molar-refractivity contribution in [2.75, 3.05) is 11.5 Å². The van der Waals surface area contributed by atoms with E-state index in [1.807, 2.05) is 6.92 Å². The van der Waals surface area contributed by atoms with Gasteiger partial charge >= 0.3 is 12.1 Å². The Kier molecular flexibility index (Phi) is 7.59. The molecule has 0 saturated carbocycles. The van der Waals surface area contributed by atoms with Crippen LogP contribution in [0, 0.1) is 0 Å². The zero-order valence-corrected chi connectivity index (χ0v) is 12.8. The molecule has 0 saturated heterocycles. The van der Waals surface area contributed by atoms with Gasteiger partial charge in [0.1, 0.15) is 11.6 Å². The number of carbonyl (C=O) groups is 2. The molecular formula is C13H23NO4S. The summed E-state index contributed by atoms with van der Waals surface area (Å²) in [7, 11) is 0. The molecule has 0 rings (SSSR count). The Morgan fingerprint density at radius 2 is 2.00 bits per heavy atom. The number of alkyl carbamates (subject to hydrolysis) is 1. The highest BCUT2D eigenvalue weighted by Crippen LogP contribution is 2.10. The van der Waals surface area contributed by atoms with Gasteiger partial charge in [-0.05, 0) is 39.9 Å². The largest absolute Gasteiger partial charge is 0.480 e. The van der Waals surface area contributed by atoms with E-state index in [4.69, 9.17) is 9.84 Å². The molecule has 2 N–H and O–H groups in total. The maximum absolute atomic E-state index is 11.5. The number of hydrogen-bond acceptors (Lipinski definition) is 4. The minimum absolute atomic E-state index is 0.307. The number of amides is 1. The second-order valence-corrected chi connectivity index (χ2v) is 6.47. The van der Waals surface area contributed by atoms with Crippen molar-refractivity contribution in [3.8, 4) is 0 Å². The number of ether oxygens (including phenoxy) is 1. The molecule has 0 aliphatic heterocycles. The molecule has 19 heavy (non-hydrogen) atoms. The molecule has 1 unspecified atom stereocenters. The van der Waals surface area contributed by atoms with Crippen molar-refractivity contribution >= 4 is 23.8 Å². The summed E-state index contributed by atoms with van der Waals surface area (Å²) in [4.78, 5) is 22.5. The van der Waals surface area contributed by atoms with E-state index < -0.39 is 23.7 Å². The van der Waals surface area contributed by atoms with Crippen LogP contribution in [0.2, 0.25) is 0 Å². The maximum atomic E-state index is 11.5. The standard InChI is InChI=1S/C13H23NO4S/c1-9(2)6-7-19-8-10(11(15)16)14-12(17)18-13(3,4)5/h10H,1,6-8H2,2-5H3,(H,14,17)(H,15,16). The number of nitrogens with one attached hydrogen (secondary N) is 1. The van der Waals surface area contributed by atoms with Crippen molar-refractivity contribution in [3.05, 3.63) is 12.2 Å². The van der Waals surface area contributed by atoms with Crippen molar-refractivity contribution in [1.29, 1.82) is 0 Å². The molecule has 110 valence electrons. The maximum Gasteiger partial charge on any atom is 0.408 e. The molecule has 0 aromatic heterocycles. The number of aliphatic carboxylic acids is 1. The van der Waals surface area contributed by atoms with E-state index in [0.29, 0.717) is 5.75 Å².